The van der Waals surface area contributed by atoms with Crippen LogP contribution in [0, 0.1) is 5.92 Å². The summed E-state index contributed by atoms with van der Waals surface area (Å²) in [5.74, 6) is 1.83. The van der Waals surface area contributed by atoms with Gasteiger partial charge in [0.2, 0.25) is 5.88 Å². The average molecular weight is 221 g/mol. The molecule has 1 aliphatic carbocycles. The topological polar surface area (TPSA) is 61.0 Å². The fourth-order valence-electron chi connectivity index (χ4n) is 2.28. The smallest absolute Gasteiger partial charge is 0.232 e. The van der Waals surface area contributed by atoms with Gasteiger partial charge in [0, 0.05) is 0 Å². The summed E-state index contributed by atoms with van der Waals surface area (Å²) in [6.07, 6.45) is 9.55. The molecule has 1 aliphatic rings. The van der Waals surface area contributed by atoms with Crippen LogP contribution in [0.25, 0.3) is 0 Å². The molecule has 1 heterocycles. The van der Waals surface area contributed by atoms with E-state index in [0.29, 0.717) is 17.8 Å². The maximum Gasteiger partial charge on any atom is 0.232 e. The summed E-state index contributed by atoms with van der Waals surface area (Å²) >= 11 is 0. The molecule has 2 N–H and O–H groups in total. The van der Waals surface area contributed by atoms with E-state index in [0.717, 1.165) is 18.8 Å². The molecule has 0 amide bonds. The predicted molar refractivity (Wildman–Crippen MR) is 63.1 cm³/mol. The molecule has 1 aromatic rings. The van der Waals surface area contributed by atoms with Gasteiger partial charge in [0.25, 0.3) is 0 Å². The molecule has 1 aromatic heterocycles. The molecule has 4 nitrogen and oxygen atoms in total. The summed E-state index contributed by atoms with van der Waals surface area (Å²) in [7, 11) is 0. The van der Waals surface area contributed by atoms with Crippen molar-refractivity contribution >= 4 is 5.82 Å². The van der Waals surface area contributed by atoms with Crippen LogP contribution in [0.5, 0.6) is 5.88 Å². The molecule has 1 saturated carbocycles. The zero-order chi connectivity index (χ0) is 11.4. The normalized spacial score (nSPS) is 25.3. The molecule has 16 heavy (non-hydrogen) atoms. The highest BCUT2D eigenvalue weighted by Crippen LogP contribution is 2.28. The first-order valence-electron chi connectivity index (χ1n) is 6.02. The van der Waals surface area contributed by atoms with Crippen LogP contribution in [0.15, 0.2) is 12.4 Å². The maximum absolute atomic E-state index is 5.81. The van der Waals surface area contributed by atoms with Gasteiger partial charge in [0.1, 0.15) is 11.9 Å². The first-order chi connectivity index (χ1) is 7.78. The minimum absolute atomic E-state index is 0.302. The van der Waals surface area contributed by atoms with Gasteiger partial charge in [-0.2, -0.15) is 0 Å². The van der Waals surface area contributed by atoms with Crippen molar-refractivity contribution in [2.45, 2.75) is 45.1 Å². The lowest BCUT2D eigenvalue weighted by Crippen LogP contribution is -2.25. The highest BCUT2D eigenvalue weighted by molar-refractivity contribution is 5.24. The predicted octanol–water partition coefficient (Wildman–Crippen LogP) is 2.41. The lowest BCUT2D eigenvalue weighted by atomic mass is 9.85. The summed E-state index contributed by atoms with van der Waals surface area (Å²) < 4.78 is 5.81. The minimum atomic E-state index is 0.302. The summed E-state index contributed by atoms with van der Waals surface area (Å²) in [5.41, 5.74) is 5.47. The fourth-order valence-corrected chi connectivity index (χ4v) is 2.28. The van der Waals surface area contributed by atoms with Gasteiger partial charge < -0.3 is 10.5 Å². The number of anilines is 1. The molecule has 2 atom stereocenters. The van der Waals surface area contributed by atoms with Crippen molar-refractivity contribution in [2.75, 3.05) is 5.73 Å². The van der Waals surface area contributed by atoms with Crippen molar-refractivity contribution in [3.05, 3.63) is 12.4 Å². The van der Waals surface area contributed by atoms with Gasteiger partial charge in [-0.25, -0.2) is 9.97 Å². The Morgan fingerprint density at radius 2 is 2.25 bits per heavy atom. The molecule has 0 radical (unpaired) electrons. The van der Waals surface area contributed by atoms with Crippen molar-refractivity contribution in [2.24, 2.45) is 5.92 Å². The van der Waals surface area contributed by atoms with Crippen LogP contribution < -0.4 is 10.5 Å². The molecule has 0 bridgehead atoms. The van der Waals surface area contributed by atoms with Gasteiger partial charge in [0.15, 0.2) is 0 Å². The van der Waals surface area contributed by atoms with Crippen molar-refractivity contribution in [3.63, 3.8) is 0 Å². The lowest BCUT2D eigenvalue weighted by molar-refractivity contribution is 0.116. The Bertz CT molecular complexity index is 326. The monoisotopic (exact) mass is 221 g/mol. The molecule has 0 aromatic carbocycles. The zero-order valence-electron chi connectivity index (χ0n) is 9.72. The Kier molecular flexibility index (Phi) is 3.59. The number of ether oxygens (including phenoxy) is 1. The van der Waals surface area contributed by atoms with E-state index in [-0.39, 0.29) is 0 Å². The van der Waals surface area contributed by atoms with E-state index in [2.05, 4.69) is 16.9 Å². The average Bonchev–Trinajstić information content (AvgIpc) is 2.32. The zero-order valence-corrected chi connectivity index (χ0v) is 9.72. The molecular formula is C12H19N3O. The van der Waals surface area contributed by atoms with Crippen molar-refractivity contribution in [1.82, 2.24) is 9.97 Å². The number of aromatic nitrogens is 2. The van der Waals surface area contributed by atoms with Crippen LogP contribution in [-0.4, -0.2) is 16.1 Å². The lowest BCUT2D eigenvalue weighted by Gasteiger charge is -2.28. The van der Waals surface area contributed by atoms with Crippen LogP contribution in [0.3, 0.4) is 0 Å². The highest BCUT2D eigenvalue weighted by Gasteiger charge is 2.22. The Balaban J connectivity index is 1.91. The Morgan fingerprint density at radius 1 is 1.38 bits per heavy atom. The fraction of sp³-hybridized carbons (Fsp3) is 0.667. The summed E-state index contributed by atoms with van der Waals surface area (Å²) in [6, 6.07) is 0. The van der Waals surface area contributed by atoms with Gasteiger partial charge in [-0.05, 0) is 25.2 Å². The third kappa shape index (κ3) is 2.84. The molecule has 1 fully saturated rings. The third-order valence-corrected chi connectivity index (χ3v) is 3.25. The molecule has 4 heteroatoms. The van der Waals surface area contributed by atoms with E-state index in [4.69, 9.17) is 10.5 Å². The first kappa shape index (κ1) is 11.2. The molecule has 0 saturated heterocycles. The van der Waals surface area contributed by atoms with Gasteiger partial charge in [-0.3, -0.25) is 0 Å². The Hall–Kier alpha value is -1.32. The molecule has 2 unspecified atom stereocenters. The van der Waals surface area contributed by atoms with Crippen LogP contribution in [0.2, 0.25) is 0 Å². The molecular weight excluding hydrogens is 202 g/mol. The van der Waals surface area contributed by atoms with Gasteiger partial charge in [-0.15, -0.1) is 0 Å². The van der Waals surface area contributed by atoms with E-state index < -0.39 is 0 Å². The third-order valence-electron chi connectivity index (χ3n) is 3.25. The highest BCUT2D eigenvalue weighted by atomic mass is 16.5. The van der Waals surface area contributed by atoms with Gasteiger partial charge in [0.05, 0.1) is 12.4 Å². The molecule has 2 rings (SSSR count). The second-order valence-electron chi connectivity index (χ2n) is 4.46. The number of hydrogen-bond donors (Lipinski definition) is 1. The standard InChI is InChI=1S/C12H19N3O/c1-2-9-4-3-5-10(6-9)16-12-8-14-11(13)7-15-12/h7-10H,2-6H2,1H3,(H2,13,14). The number of nitrogen functional groups attached to an aromatic ring is 1. The maximum atomic E-state index is 5.81. The van der Waals surface area contributed by atoms with E-state index >= 15 is 0 Å². The number of nitrogens with two attached hydrogens (primary N) is 1. The SMILES string of the molecule is CCC1CCCC(Oc2cnc(N)cn2)C1. The Labute approximate surface area is 96.2 Å². The van der Waals surface area contributed by atoms with E-state index in [1.807, 2.05) is 0 Å². The van der Waals surface area contributed by atoms with Crippen molar-refractivity contribution in [1.29, 1.82) is 0 Å². The van der Waals surface area contributed by atoms with Crippen LogP contribution >= 0.6 is 0 Å². The molecule has 0 spiro atoms. The largest absolute Gasteiger partial charge is 0.473 e. The van der Waals surface area contributed by atoms with Gasteiger partial charge in [-0.1, -0.05) is 19.8 Å². The van der Waals surface area contributed by atoms with E-state index in [1.54, 1.807) is 6.20 Å². The first-order valence-corrected chi connectivity index (χ1v) is 6.02. The number of hydrogen-bond acceptors (Lipinski definition) is 4. The summed E-state index contributed by atoms with van der Waals surface area (Å²) in [5, 5.41) is 0. The molecule has 0 aliphatic heterocycles. The second-order valence-corrected chi connectivity index (χ2v) is 4.46. The quantitative estimate of drug-likeness (QED) is 0.851. The number of nitrogens with zero attached hydrogens (tertiary/aromatic N) is 2. The van der Waals surface area contributed by atoms with Gasteiger partial charge >= 0.3 is 0 Å². The minimum Gasteiger partial charge on any atom is -0.473 e. The van der Waals surface area contributed by atoms with Crippen molar-refractivity contribution < 1.29 is 4.74 Å². The summed E-state index contributed by atoms with van der Waals surface area (Å²) in [6.45, 7) is 2.25. The van der Waals surface area contributed by atoms with Crippen LogP contribution in [0.4, 0.5) is 5.82 Å². The summed E-state index contributed by atoms with van der Waals surface area (Å²) in [4.78, 5) is 8.09. The van der Waals surface area contributed by atoms with Crippen LogP contribution in [0.1, 0.15) is 39.0 Å². The number of rotatable bonds is 3. The molecule has 88 valence electrons. The second kappa shape index (κ2) is 5.14. The van der Waals surface area contributed by atoms with Crippen LogP contribution in [-0.2, 0) is 0 Å². The Morgan fingerprint density at radius 3 is 2.94 bits per heavy atom. The van der Waals surface area contributed by atoms with E-state index in [1.165, 1.54) is 25.5 Å². The van der Waals surface area contributed by atoms with E-state index in [9.17, 15) is 0 Å². The van der Waals surface area contributed by atoms with Crippen molar-refractivity contribution in [3.8, 4) is 5.88 Å².